The summed E-state index contributed by atoms with van der Waals surface area (Å²) in [4.78, 5) is 38.0. The topological polar surface area (TPSA) is 78.9 Å². The molecule has 0 aliphatic rings. The third kappa shape index (κ3) is 51.4. The van der Waals surface area contributed by atoms with Crippen LogP contribution in [0.1, 0.15) is 162 Å². The highest BCUT2D eigenvalue weighted by atomic mass is 16.6. The average molecular weight is 917 g/mol. The second-order valence-electron chi connectivity index (χ2n) is 15.9. The quantitative estimate of drug-likeness (QED) is 0.0263. The molecule has 0 aromatic rings. The molecule has 0 rings (SSSR count). The van der Waals surface area contributed by atoms with Gasteiger partial charge in [0.25, 0.3) is 0 Å². The summed E-state index contributed by atoms with van der Waals surface area (Å²) >= 11 is 0. The van der Waals surface area contributed by atoms with Crippen molar-refractivity contribution in [3.05, 3.63) is 182 Å². The highest BCUT2D eigenvalue weighted by Crippen LogP contribution is 2.12. The molecule has 0 heterocycles. The van der Waals surface area contributed by atoms with E-state index in [1.54, 1.807) is 0 Å². The van der Waals surface area contributed by atoms with Gasteiger partial charge in [-0.05, 0) is 77.0 Å². The van der Waals surface area contributed by atoms with Crippen molar-refractivity contribution in [3.8, 4) is 0 Å². The van der Waals surface area contributed by atoms with Crippen molar-refractivity contribution in [2.75, 3.05) is 13.2 Å². The van der Waals surface area contributed by atoms with Gasteiger partial charge in [0.2, 0.25) is 0 Å². The molecule has 67 heavy (non-hydrogen) atoms. The fraction of sp³-hybridized carbons (Fsp3) is 0.459. The highest BCUT2D eigenvalue weighted by molar-refractivity contribution is 5.71. The van der Waals surface area contributed by atoms with Gasteiger partial charge in [-0.25, -0.2) is 0 Å². The first-order valence-corrected chi connectivity index (χ1v) is 25.5. The molecule has 0 aromatic carbocycles. The zero-order chi connectivity index (χ0) is 48.6. The minimum absolute atomic E-state index is 0.128. The Balaban J connectivity index is 4.64. The van der Waals surface area contributed by atoms with E-state index in [9.17, 15) is 14.4 Å². The Hall–Kier alpha value is -5.49. The monoisotopic (exact) mass is 917 g/mol. The molecule has 0 N–H and O–H groups in total. The Bertz CT molecular complexity index is 1670. The molecule has 368 valence electrons. The Morgan fingerprint density at radius 2 is 0.537 bits per heavy atom. The van der Waals surface area contributed by atoms with E-state index in [1.165, 1.54) is 19.3 Å². The van der Waals surface area contributed by atoms with Crippen LogP contribution in [-0.4, -0.2) is 37.2 Å². The minimum atomic E-state index is -0.836. The molecular formula is C61H88O6. The fourth-order valence-electron chi connectivity index (χ4n) is 6.03. The molecule has 0 fully saturated rings. The number of hydrogen-bond acceptors (Lipinski definition) is 6. The maximum atomic E-state index is 12.8. The molecule has 6 heteroatoms. The van der Waals surface area contributed by atoms with Crippen LogP contribution in [-0.2, 0) is 28.6 Å². The summed E-state index contributed by atoms with van der Waals surface area (Å²) in [5.74, 6) is -1.05. The van der Waals surface area contributed by atoms with Gasteiger partial charge in [-0.1, -0.05) is 248 Å². The van der Waals surface area contributed by atoms with Crippen LogP contribution in [0.4, 0.5) is 0 Å². The van der Waals surface area contributed by atoms with E-state index in [0.717, 1.165) is 89.9 Å². The van der Waals surface area contributed by atoms with E-state index in [4.69, 9.17) is 14.2 Å². The number of ether oxygens (including phenoxy) is 3. The van der Waals surface area contributed by atoms with Crippen LogP contribution >= 0.6 is 0 Å². The lowest BCUT2D eigenvalue weighted by Crippen LogP contribution is -2.30. The second kappa shape index (κ2) is 53.1. The number of esters is 3. The van der Waals surface area contributed by atoms with Crippen molar-refractivity contribution in [2.24, 2.45) is 0 Å². The Labute approximate surface area is 408 Å². The molecule has 0 spiro atoms. The molecule has 6 nitrogen and oxygen atoms in total. The number of carbonyl (C=O) groups excluding carboxylic acids is 3. The smallest absolute Gasteiger partial charge is 0.306 e. The third-order valence-electron chi connectivity index (χ3n) is 9.77. The van der Waals surface area contributed by atoms with Crippen molar-refractivity contribution in [2.45, 2.75) is 168 Å². The van der Waals surface area contributed by atoms with Crippen LogP contribution in [0.25, 0.3) is 0 Å². The number of rotatable bonds is 42. The summed E-state index contributed by atoms with van der Waals surface area (Å²) in [6.45, 7) is 6.09. The van der Waals surface area contributed by atoms with Gasteiger partial charge >= 0.3 is 17.9 Å². The van der Waals surface area contributed by atoms with Crippen molar-refractivity contribution < 1.29 is 28.6 Å². The summed E-state index contributed by atoms with van der Waals surface area (Å²) in [7, 11) is 0. The van der Waals surface area contributed by atoms with Crippen LogP contribution in [0.2, 0.25) is 0 Å². The lowest BCUT2D eigenvalue weighted by molar-refractivity contribution is -0.167. The fourth-order valence-corrected chi connectivity index (χ4v) is 6.03. The molecule has 1 atom stereocenters. The van der Waals surface area contributed by atoms with Crippen LogP contribution in [0, 0.1) is 0 Å². The van der Waals surface area contributed by atoms with Gasteiger partial charge in [0.15, 0.2) is 6.10 Å². The van der Waals surface area contributed by atoms with Crippen LogP contribution in [0.3, 0.4) is 0 Å². The maximum Gasteiger partial charge on any atom is 0.306 e. The SMILES string of the molecule is CC\C=C/C=C\C=C/C=C\C=C/CCCCCC(=O)OC(COC(=O)CCCCC\C=C/C=C\C=C\C=C/C=C\C=C/C=C\CC)COC(=O)CCCCCCCCC\C=C/C=C\C=C/CC. The van der Waals surface area contributed by atoms with E-state index in [2.05, 4.69) is 81.5 Å². The first-order valence-electron chi connectivity index (χ1n) is 25.5. The Morgan fingerprint density at radius 1 is 0.299 bits per heavy atom. The summed E-state index contributed by atoms with van der Waals surface area (Å²) in [6.07, 6.45) is 80.1. The second-order valence-corrected chi connectivity index (χ2v) is 15.9. The number of allylic oxidation sites excluding steroid dienone is 30. The molecule has 0 aliphatic heterocycles. The summed E-state index contributed by atoms with van der Waals surface area (Å²) in [5.41, 5.74) is 0. The van der Waals surface area contributed by atoms with Gasteiger partial charge in [-0.15, -0.1) is 0 Å². The van der Waals surface area contributed by atoms with Crippen molar-refractivity contribution in [1.82, 2.24) is 0 Å². The van der Waals surface area contributed by atoms with E-state index >= 15 is 0 Å². The number of carbonyl (C=O) groups is 3. The molecule has 0 aliphatic carbocycles. The predicted octanol–water partition coefficient (Wildman–Crippen LogP) is 17.0. The molecule has 1 unspecified atom stereocenters. The minimum Gasteiger partial charge on any atom is -0.462 e. The van der Waals surface area contributed by atoms with E-state index in [0.29, 0.717) is 19.3 Å². The average Bonchev–Trinajstić information content (AvgIpc) is 3.33. The standard InChI is InChI=1S/C61H88O6/c1-4-7-10-13-16-19-22-25-28-29-30-31-34-36-39-42-45-48-51-54-60(63)66-57-58(67-61(64)55-52-49-46-43-40-37-33-27-24-21-18-15-12-9-6-3)56-65-59(62)53-50-47-44-41-38-35-32-26-23-20-17-14-11-8-5-2/h7-25,27-31,33-34,36-37,39-40,58H,4-6,26,32,35,38,41-57H2,1-3H3/b10-7-,11-8-,12-9-,16-13-,17-14-,18-15-,22-19-,23-20-,24-21-,28-25-,30-29+,33-27-,34-31-,39-36-,40-37-. The molecule has 0 aromatic heterocycles. The number of hydrogen-bond donors (Lipinski definition) is 0. The van der Waals surface area contributed by atoms with Gasteiger partial charge in [0, 0.05) is 19.3 Å². The van der Waals surface area contributed by atoms with Gasteiger partial charge in [-0.2, -0.15) is 0 Å². The van der Waals surface area contributed by atoms with Gasteiger partial charge in [0.05, 0.1) is 0 Å². The summed E-state index contributed by atoms with van der Waals surface area (Å²) in [5, 5.41) is 0. The summed E-state index contributed by atoms with van der Waals surface area (Å²) < 4.78 is 16.7. The zero-order valence-electron chi connectivity index (χ0n) is 41.8. The maximum absolute atomic E-state index is 12.8. The highest BCUT2D eigenvalue weighted by Gasteiger charge is 2.19. The zero-order valence-corrected chi connectivity index (χ0v) is 41.8. The van der Waals surface area contributed by atoms with Crippen LogP contribution in [0.5, 0.6) is 0 Å². The van der Waals surface area contributed by atoms with E-state index in [1.807, 2.05) is 122 Å². The van der Waals surface area contributed by atoms with Crippen LogP contribution in [0.15, 0.2) is 182 Å². The van der Waals surface area contributed by atoms with Gasteiger partial charge in [0.1, 0.15) is 13.2 Å². The van der Waals surface area contributed by atoms with Crippen molar-refractivity contribution in [1.29, 1.82) is 0 Å². The molecule has 0 bridgehead atoms. The normalized spacial score (nSPS) is 13.7. The largest absolute Gasteiger partial charge is 0.462 e. The van der Waals surface area contributed by atoms with E-state index in [-0.39, 0.29) is 44.0 Å². The third-order valence-corrected chi connectivity index (χ3v) is 9.77. The Kier molecular flexibility index (Phi) is 48.8. The molecule has 0 radical (unpaired) electrons. The summed E-state index contributed by atoms with van der Waals surface area (Å²) in [6, 6.07) is 0. The van der Waals surface area contributed by atoms with Crippen molar-refractivity contribution in [3.63, 3.8) is 0 Å². The number of unbranched alkanes of at least 4 members (excludes halogenated alkanes) is 13. The molecule has 0 saturated carbocycles. The predicted molar refractivity (Wildman–Crippen MR) is 287 cm³/mol. The molecule has 0 saturated heterocycles. The van der Waals surface area contributed by atoms with Gasteiger partial charge < -0.3 is 14.2 Å². The molecular weight excluding hydrogens is 829 g/mol. The Morgan fingerprint density at radius 3 is 0.851 bits per heavy atom. The lowest BCUT2D eigenvalue weighted by atomic mass is 10.1. The lowest BCUT2D eigenvalue weighted by Gasteiger charge is -2.18. The van der Waals surface area contributed by atoms with E-state index < -0.39 is 6.10 Å². The van der Waals surface area contributed by atoms with Crippen LogP contribution < -0.4 is 0 Å². The first kappa shape index (κ1) is 61.5. The van der Waals surface area contributed by atoms with Crippen molar-refractivity contribution >= 4 is 17.9 Å². The molecule has 0 amide bonds. The van der Waals surface area contributed by atoms with Gasteiger partial charge in [-0.3, -0.25) is 14.4 Å². The first-order chi connectivity index (χ1) is 33.0.